The number of carbonyl (C=O) groups is 2. The molecule has 25 heavy (non-hydrogen) atoms. The van der Waals surface area contributed by atoms with Crippen LogP contribution in [0.2, 0.25) is 0 Å². The Balaban J connectivity index is 1.83. The Bertz CT molecular complexity index is 779. The minimum absolute atomic E-state index is 0.334. The first-order chi connectivity index (χ1) is 12.0. The van der Waals surface area contributed by atoms with Crippen LogP contribution in [0.1, 0.15) is 16.7 Å². The maximum absolute atomic E-state index is 11.9. The molecule has 2 aromatic carbocycles. The van der Waals surface area contributed by atoms with E-state index in [0.29, 0.717) is 0 Å². The molecule has 0 fully saturated rings. The Labute approximate surface area is 147 Å². The summed E-state index contributed by atoms with van der Waals surface area (Å²) in [6, 6.07) is 12.9. The van der Waals surface area contributed by atoms with E-state index in [1.54, 1.807) is 25.3 Å². The van der Waals surface area contributed by atoms with Crippen LogP contribution in [0.15, 0.2) is 48.5 Å². The number of rotatable bonds is 6. The Morgan fingerprint density at radius 3 is 2.48 bits per heavy atom. The van der Waals surface area contributed by atoms with E-state index in [9.17, 15) is 9.59 Å². The number of nitrogens with one attached hydrogen (secondary N) is 1. The topological polar surface area (TPSA) is 64.6 Å². The van der Waals surface area contributed by atoms with Crippen LogP contribution in [-0.2, 0) is 14.3 Å². The van der Waals surface area contributed by atoms with Crippen molar-refractivity contribution in [2.24, 2.45) is 0 Å². The van der Waals surface area contributed by atoms with Crippen molar-refractivity contribution in [3.05, 3.63) is 65.2 Å². The van der Waals surface area contributed by atoms with Crippen LogP contribution in [0.5, 0.6) is 5.75 Å². The molecule has 0 spiro atoms. The first kappa shape index (κ1) is 18.3. The highest BCUT2D eigenvalue weighted by atomic mass is 16.5. The zero-order valence-electron chi connectivity index (χ0n) is 14.5. The van der Waals surface area contributed by atoms with E-state index in [2.05, 4.69) is 5.32 Å². The number of ether oxygens (including phenoxy) is 2. The lowest BCUT2D eigenvalue weighted by atomic mass is 10.1. The Hall–Kier alpha value is -3.08. The zero-order valence-corrected chi connectivity index (χ0v) is 14.5. The van der Waals surface area contributed by atoms with Gasteiger partial charge in [-0.05, 0) is 54.8 Å². The van der Waals surface area contributed by atoms with Crippen LogP contribution in [0.4, 0.5) is 5.69 Å². The normalized spacial score (nSPS) is 10.5. The fourth-order valence-electron chi connectivity index (χ4n) is 2.14. The lowest BCUT2D eigenvalue weighted by molar-refractivity contribution is -0.142. The molecule has 0 saturated carbocycles. The van der Waals surface area contributed by atoms with E-state index in [4.69, 9.17) is 9.47 Å². The van der Waals surface area contributed by atoms with Gasteiger partial charge in [0.25, 0.3) is 5.91 Å². The minimum atomic E-state index is -0.577. The molecular weight excluding hydrogens is 318 g/mol. The zero-order chi connectivity index (χ0) is 18.2. The second-order valence-electron chi connectivity index (χ2n) is 5.51. The molecule has 0 heterocycles. The molecule has 5 nitrogen and oxygen atoms in total. The summed E-state index contributed by atoms with van der Waals surface area (Å²) in [4.78, 5) is 23.6. The van der Waals surface area contributed by atoms with Gasteiger partial charge in [0, 0.05) is 11.8 Å². The predicted molar refractivity (Wildman–Crippen MR) is 97.5 cm³/mol. The van der Waals surface area contributed by atoms with E-state index in [-0.39, 0.29) is 12.5 Å². The van der Waals surface area contributed by atoms with Gasteiger partial charge in [-0.15, -0.1) is 0 Å². The molecule has 130 valence electrons. The van der Waals surface area contributed by atoms with E-state index < -0.39 is 5.97 Å². The van der Waals surface area contributed by atoms with Gasteiger partial charge in [0.05, 0.1) is 7.11 Å². The molecule has 0 atom stereocenters. The number of methoxy groups -OCH3 is 1. The molecule has 0 radical (unpaired) electrons. The molecule has 0 aliphatic carbocycles. The van der Waals surface area contributed by atoms with Crippen molar-refractivity contribution in [3.8, 4) is 5.75 Å². The molecule has 1 amide bonds. The summed E-state index contributed by atoms with van der Waals surface area (Å²) >= 11 is 0. The largest absolute Gasteiger partial charge is 0.497 e. The fourth-order valence-corrected chi connectivity index (χ4v) is 2.14. The van der Waals surface area contributed by atoms with Gasteiger partial charge in [-0.3, -0.25) is 4.79 Å². The highest BCUT2D eigenvalue weighted by Gasteiger charge is 2.08. The van der Waals surface area contributed by atoms with E-state index >= 15 is 0 Å². The third-order valence-electron chi connectivity index (χ3n) is 3.75. The molecule has 0 aliphatic rings. The summed E-state index contributed by atoms with van der Waals surface area (Å²) in [6.45, 7) is 3.56. The fraction of sp³-hybridized carbons (Fsp3) is 0.200. The number of hydrogen-bond donors (Lipinski definition) is 1. The van der Waals surface area contributed by atoms with Gasteiger partial charge in [0.1, 0.15) is 5.75 Å². The number of amides is 1. The van der Waals surface area contributed by atoms with Crippen molar-refractivity contribution in [1.29, 1.82) is 0 Å². The quantitative estimate of drug-likeness (QED) is 0.646. The van der Waals surface area contributed by atoms with E-state index in [0.717, 1.165) is 28.1 Å². The van der Waals surface area contributed by atoms with Gasteiger partial charge >= 0.3 is 5.97 Å². The molecule has 0 unspecified atom stereocenters. The Morgan fingerprint density at radius 1 is 1.08 bits per heavy atom. The van der Waals surface area contributed by atoms with Crippen molar-refractivity contribution in [1.82, 2.24) is 0 Å². The van der Waals surface area contributed by atoms with Crippen LogP contribution in [0.25, 0.3) is 6.08 Å². The van der Waals surface area contributed by atoms with Gasteiger partial charge in [0.15, 0.2) is 6.61 Å². The van der Waals surface area contributed by atoms with Gasteiger partial charge in [0.2, 0.25) is 0 Å². The number of hydrogen-bond acceptors (Lipinski definition) is 4. The molecule has 0 aromatic heterocycles. The highest BCUT2D eigenvalue weighted by Crippen LogP contribution is 2.17. The summed E-state index contributed by atoms with van der Waals surface area (Å²) in [7, 11) is 1.59. The third-order valence-corrected chi connectivity index (χ3v) is 3.75. The summed E-state index contributed by atoms with van der Waals surface area (Å²) in [5.41, 5.74) is 3.62. The summed E-state index contributed by atoms with van der Waals surface area (Å²) in [6.07, 6.45) is 2.90. The minimum Gasteiger partial charge on any atom is -0.497 e. The smallest absolute Gasteiger partial charge is 0.331 e. The van der Waals surface area contributed by atoms with Crippen LogP contribution in [0.3, 0.4) is 0 Å². The first-order valence-electron chi connectivity index (χ1n) is 7.84. The molecule has 0 bridgehead atoms. The van der Waals surface area contributed by atoms with Crippen molar-refractivity contribution >= 4 is 23.6 Å². The standard InChI is InChI=1S/C20H21NO4/c1-14-5-4-6-18(15(14)2)21-19(22)13-25-20(23)12-9-16-7-10-17(24-3)11-8-16/h4-12H,13H2,1-3H3,(H,21,22). The first-order valence-corrected chi connectivity index (χ1v) is 7.84. The molecule has 5 heteroatoms. The average molecular weight is 339 g/mol. The summed E-state index contributed by atoms with van der Waals surface area (Å²) < 4.78 is 10.0. The van der Waals surface area contributed by atoms with Crippen molar-refractivity contribution in [2.75, 3.05) is 19.0 Å². The van der Waals surface area contributed by atoms with Crippen molar-refractivity contribution in [3.63, 3.8) is 0 Å². The van der Waals surface area contributed by atoms with Gasteiger partial charge in [-0.1, -0.05) is 24.3 Å². The maximum Gasteiger partial charge on any atom is 0.331 e. The number of carbonyl (C=O) groups excluding carboxylic acids is 2. The van der Waals surface area contributed by atoms with Crippen LogP contribution < -0.4 is 10.1 Å². The Morgan fingerprint density at radius 2 is 1.80 bits per heavy atom. The van der Waals surface area contributed by atoms with E-state index in [1.165, 1.54) is 6.08 Å². The molecule has 2 aromatic rings. The second kappa shape index (κ2) is 8.68. The monoisotopic (exact) mass is 339 g/mol. The SMILES string of the molecule is COc1ccc(C=CC(=O)OCC(=O)Nc2cccc(C)c2C)cc1. The predicted octanol–water partition coefficient (Wildman–Crippen LogP) is 3.51. The number of benzene rings is 2. The van der Waals surface area contributed by atoms with Crippen LogP contribution in [-0.4, -0.2) is 25.6 Å². The molecule has 1 N–H and O–H groups in total. The molecular formula is C20H21NO4. The van der Waals surface area contributed by atoms with Gasteiger partial charge in [-0.2, -0.15) is 0 Å². The molecule has 0 aliphatic heterocycles. The summed E-state index contributed by atoms with van der Waals surface area (Å²) in [5.74, 6) is -0.213. The van der Waals surface area contributed by atoms with Gasteiger partial charge in [-0.25, -0.2) is 4.79 Å². The van der Waals surface area contributed by atoms with Crippen LogP contribution in [0, 0.1) is 13.8 Å². The second-order valence-corrected chi connectivity index (χ2v) is 5.51. The molecule has 2 rings (SSSR count). The maximum atomic E-state index is 11.9. The lowest BCUT2D eigenvalue weighted by Crippen LogP contribution is -2.20. The van der Waals surface area contributed by atoms with E-state index in [1.807, 2.05) is 44.2 Å². The molecule has 0 saturated heterocycles. The number of aryl methyl sites for hydroxylation is 1. The Kier molecular flexibility index (Phi) is 6.34. The van der Waals surface area contributed by atoms with Gasteiger partial charge < -0.3 is 14.8 Å². The summed E-state index contributed by atoms with van der Waals surface area (Å²) in [5, 5.41) is 2.74. The lowest BCUT2D eigenvalue weighted by Gasteiger charge is -2.10. The van der Waals surface area contributed by atoms with Crippen molar-refractivity contribution < 1.29 is 19.1 Å². The number of esters is 1. The highest BCUT2D eigenvalue weighted by molar-refractivity contribution is 5.95. The van der Waals surface area contributed by atoms with Crippen LogP contribution >= 0.6 is 0 Å². The van der Waals surface area contributed by atoms with Crippen molar-refractivity contribution in [2.45, 2.75) is 13.8 Å². The third kappa shape index (κ3) is 5.49. The average Bonchev–Trinajstić information content (AvgIpc) is 2.62. The number of anilines is 1.